The number of nitrogens with two attached hydrogens (primary N) is 1. The Labute approximate surface area is 120 Å². The van der Waals surface area contributed by atoms with Crippen molar-refractivity contribution in [1.29, 1.82) is 0 Å². The molecular weight excluding hydrogens is 289 g/mol. The van der Waals surface area contributed by atoms with Crippen molar-refractivity contribution in [1.82, 2.24) is 10.3 Å². The molecule has 0 fully saturated rings. The van der Waals surface area contributed by atoms with Crippen LogP contribution in [0.5, 0.6) is 0 Å². The molecule has 1 amide bonds. The molecule has 19 heavy (non-hydrogen) atoms. The fraction of sp³-hybridized carbons (Fsp3) is 0.167. The van der Waals surface area contributed by atoms with Crippen LogP contribution >= 0.6 is 23.7 Å². The predicted molar refractivity (Wildman–Crippen MR) is 76.1 cm³/mol. The molecule has 4 nitrogen and oxygen atoms in total. The average molecular weight is 302 g/mol. The average Bonchev–Trinajstić information content (AvgIpc) is 2.86. The number of carbonyl (C=O) groups is 1. The number of rotatable bonds is 4. The lowest BCUT2D eigenvalue weighted by atomic mass is 10.1. The Morgan fingerprint density at radius 3 is 2.68 bits per heavy atom. The van der Waals surface area contributed by atoms with Gasteiger partial charge in [-0.2, -0.15) is 0 Å². The zero-order valence-corrected chi connectivity index (χ0v) is 11.6. The molecule has 2 rings (SSSR count). The summed E-state index contributed by atoms with van der Waals surface area (Å²) < 4.78 is 12.8. The minimum Gasteiger partial charge on any atom is -0.349 e. The third-order valence-corrected chi connectivity index (χ3v) is 3.19. The van der Waals surface area contributed by atoms with Crippen LogP contribution in [0.25, 0.3) is 10.4 Å². The summed E-state index contributed by atoms with van der Waals surface area (Å²) >= 11 is 1.34. The van der Waals surface area contributed by atoms with Gasteiger partial charge >= 0.3 is 0 Å². The van der Waals surface area contributed by atoms with Gasteiger partial charge in [-0.05, 0) is 17.7 Å². The summed E-state index contributed by atoms with van der Waals surface area (Å²) in [6.45, 7) is 0.779. The standard InChI is InChI=1S/C12H12FN3OS.ClH/c13-9-3-1-8(2-4-9)11-10(16-7-18-11)12(17)15-6-5-14;/h1-4,7H,5-6,14H2,(H,15,17);1H. The first-order chi connectivity index (χ1) is 8.72. The second-order valence-electron chi connectivity index (χ2n) is 3.58. The minimum absolute atomic E-state index is 0. The zero-order chi connectivity index (χ0) is 13.0. The van der Waals surface area contributed by atoms with E-state index in [1.54, 1.807) is 17.6 Å². The molecule has 1 aromatic carbocycles. The van der Waals surface area contributed by atoms with Gasteiger partial charge < -0.3 is 11.1 Å². The number of halogens is 2. The normalized spacial score (nSPS) is 9.79. The van der Waals surface area contributed by atoms with E-state index in [0.29, 0.717) is 18.8 Å². The molecule has 0 radical (unpaired) electrons. The number of benzene rings is 1. The molecule has 0 bridgehead atoms. The van der Waals surface area contributed by atoms with Gasteiger partial charge in [-0.1, -0.05) is 12.1 Å². The quantitative estimate of drug-likeness (QED) is 0.908. The number of thiazole rings is 1. The zero-order valence-electron chi connectivity index (χ0n) is 9.93. The largest absolute Gasteiger partial charge is 0.349 e. The second-order valence-corrected chi connectivity index (χ2v) is 4.44. The van der Waals surface area contributed by atoms with Crippen molar-refractivity contribution < 1.29 is 9.18 Å². The molecule has 0 aliphatic carbocycles. The summed E-state index contributed by atoms with van der Waals surface area (Å²) in [6, 6.07) is 5.97. The van der Waals surface area contributed by atoms with E-state index >= 15 is 0 Å². The Morgan fingerprint density at radius 2 is 2.05 bits per heavy atom. The van der Waals surface area contributed by atoms with Gasteiger partial charge in [-0.15, -0.1) is 23.7 Å². The van der Waals surface area contributed by atoms with Crippen molar-refractivity contribution in [3.05, 3.63) is 41.3 Å². The first-order valence-electron chi connectivity index (χ1n) is 5.40. The highest BCUT2D eigenvalue weighted by Gasteiger charge is 2.15. The van der Waals surface area contributed by atoms with E-state index in [1.165, 1.54) is 23.5 Å². The predicted octanol–water partition coefficient (Wildman–Crippen LogP) is 2.06. The highest BCUT2D eigenvalue weighted by Crippen LogP contribution is 2.27. The first kappa shape index (κ1) is 15.6. The Bertz CT molecular complexity index is 544. The number of amides is 1. The summed E-state index contributed by atoms with van der Waals surface area (Å²) in [5.74, 6) is -0.571. The third kappa shape index (κ3) is 3.73. The van der Waals surface area contributed by atoms with Crippen LogP contribution < -0.4 is 11.1 Å². The molecule has 1 aromatic heterocycles. The van der Waals surface area contributed by atoms with Crippen LogP contribution in [0.3, 0.4) is 0 Å². The Morgan fingerprint density at radius 1 is 1.37 bits per heavy atom. The van der Waals surface area contributed by atoms with Gasteiger partial charge in [0.05, 0.1) is 10.4 Å². The van der Waals surface area contributed by atoms with Crippen molar-refractivity contribution >= 4 is 29.7 Å². The summed E-state index contributed by atoms with van der Waals surface area (Å²) in [6.07, 6.45) is 0. The van der Waals surface area contributed by atoms with Gasteiger partial charge in [0, 0.05) is 13.1 Å². The number of hydrogen-bond donors (Lipinski definition) is 2. The third-order valence-electron chi connectivity index (χ3n) is 2.32. The van der Waals surface area contributed by atoms with E-state index in [2.05, 4.69) is 10.3 Å². The Balaban J connectivity index is 0.00000180. The first-order valence-corrected chi connectivity index (χ1v) is 6.28. The second kappa shape index (κ2) is 7.18. The van der Waals surface area contributed by atoms with Crippen LogP contribution in [0.1, 0.15) is 10.5 Å². The maximum Gasteiger partial charge on any atom is 0.271 e. The van der Waals surface area contributed by atoms with E-state index < -0.39 is 0 Å². The highest BCUT2D eigenvalue weighted by atomic mass is 35.5. The number of aromatic nitrogens is 1. The molecule has 0 aliphatic rings. The maximum atomic E-state index is 12.8. The van der Waals surface area contributed by atoms with Crippen LogP contribution in [0.15, 0.2) is 29.8 Å². The van der Waals surface area contributed by atoms with Gasteiger partial charge in [-0.3, -0.25) is 4.79 Å². The van der Waals surface area contributed by atoms with Gasteiger partial charge in [0.25, 0.3) is 5.91 Å². The van der Waals surface area contributed by atoms with Crippen molar-refractivity contribution in [2.75, 3.05) is 13.1 Å². The fourth-order valence-electron chi connectivity index (χ4n) is 1.48. The molecule has 0 aliphatic heterocycles. The van der Waals surface area contributed by atoms with Crippen LogP contribution in [0, 0.1) is 5.82 Å². The lowest BCUT2D eigenvalue weighted by Gasteiger charge is -2.03. The van der Waals surface area contributed by atoms with E-state index in [0.717, 1.165) is 10.4 Å². The summed E-state index contributed by atoms with van der Waals surface area (Å²) in [5, 5.41) is 2.66. The summed E-state index contributed by atoms with van der Waals surface area (Å²) in [4.78, 5) is 16.6. The van der Waals surface area contributed by atoms with Gasteiger partial charge in [0.2, 0.25) is 0 Å². The van der Waals surface area contributed by atoms with E-state index in [9.17, 15) is 9.18 Å². The van der Waals surface area contributed by atoms with Gasteiger partial charge in [0.1, 0.15) is 11.5 Å². The smallest absolute Gasteiger partial charge is 0.271 e. The SMILES string of the molecule is Cl.NCCNC(=O)c1ncsc1-c1ccc(F)cc1. The van der Waals surface area contributed by atoms with Crippen molar-refractivity contribution in [2.24, 2.45) is 5.73 Å². The Hall–Kier alpha value is -1.50. The Kier molecular flexibility index (Phi) is 5.88. The number of nitrogens with zero attached hydrogens (tertiary/aromatic N) is 1. The van der Waals surface area contributed by atoms with Crippen molar-refractivity contribution in [2.45, 2.75) is 0 Å². The van der Waals surface area contributed by atoms with Gasteiger partial charge in [0.15, 0.2) is 0 Å². The van der Waals surface area contributed by atoms with Crippen LogP contribution in [0.2, 0.25) is 0 Å². The summed E-state index contributed by atoms with van der Waals surface area (Å²) in [7, 11) is 0. The molecule has 0 saturated carbocycles. The molecule has 1 heterocycles. The monoisotopic (exact) mass is 301 g/mol. The number of carbonyl (C=O) groups excluding carboxylic acids is 1. The molecule has 7 heteroatoms. The summed E-state index contributed by atoms with van der Waals surface area (Å²) in [5.41, 5.74) is 8.04. The molecule has 0 unspecified atom stereocenters. The van der Waals surface area contributed by atoms with Gasteiger partial charge in [-0.25, -0.2) is 9.37 Å². The number of nitrogens with one attached hydrogen (secondary N) is 1. The minimum atomic E-state index is -0.308. The van der Waals surface area contributed by atoms with Crippen LogP contribution in [-0.4, -0.2) is 24.0 Å². The maximum absolute atomic E-state index is 12.8. The van der Waals surface area contributed by atoms with Crippen LogP contribution in [0.4, 0.5) is 4.39 Å². The molecule has 0 spiro atoms. The van der Waals surface area contributed by atoms with Crippen molar-refractivity contribution in [3.8, 4) is 10.4 Å². The van der Waals surface area contributed by atoms with E-state index in [4.69, 9.17) is 5.73 Å². The lowest BCUT2D eigenvalue weighted by molar-refractivity contribution is 0.0951. The molecule has 0 atom stereocenters. The molecule has 3 N–H and O–H groups in total. The molecular formula is C12H13ClFN3OS. The molecule has 2 aromatic rings. The van der Waals surface area contributed by atoms with Crippen LogP contribution in [-0.2, 0) is 0 Å². The van der Waals surface area contributed by atoms with E-state index in [1.807, 2.05) is 0 Å². The molecule has 0 saturated heterocycles. The van der Waals surface area contributed by atoms with E-state index in [-0.39, 0.29) is 24.1 Å². The highest BCUT2D eigenvalue weighted by molar-refractivity contribution is 7.13. The van der Waals surface area contributed by atoms with Crippen molar-refractivity contribution in [3.63, 3.8) is 0 Å². The topological polar surface area (TPSA) is 68.0 Å². The lowest BCUT2D eigenvalue weighted by Crippen LogP contribution is -2.29. The fourth-order valence-corrected chi connectivity index (χ4v) is 2.28. The number of hydrogen-bond acceptors (Lipinski definition) is 4. The molecule has 102 valence electrons.